The number of methoxy groups -OCH3 is 1. The first-order chi connectivity index (χ1) is 9.10. The molecule has 2 rings (SSSR count). The van der Waals surface area contributed by atoms with E-state index in [2.05, 4.69) is 15.8 Å². The van der Waals surface area contributed by atoms with E-state index in [0.717, 1.165) is 16.5 Å². The number of ketones is 1. The third-order valence-corrected chi connectivity index (χ3v) is 3.65. The minimum atomic E-state index is 0.0832. The smallest absolute Gasteiger partial charge is 0.182 e. The third-order valence-electron chi connectivity index (χ3n) is 2.76. The summed E-state index contributed by atoms with van der Waals surface area (Å²) in [7, 11) is 1.62. The quantitative estimate of drug-likeness (QED) is 0.822. The van der Waals surface area contributed by atoms with Crippen molar-refractivity contribution in [3.05, 3.63) is 29.3 Å². The van der Waals surface area contributed by atoms with Crippen LogP contribution in [-0.2, 0) is 0 Å². The fraction of sp³-hybridized carbons (Fsp3) is 0.385. The zero-order valence-electron chi connectivity index (χ0n) is 11.2. The molecule has 1 aliphatic heterocycles. The Bertz CT molecular complexity index is 517. The van der Waals surface area contributed by atoms with Gasteiger partial charge in [-0.3, -0.25) is 10.2 Å². The molecule has 5 nitrogen and oxygen atoms in total. The maximum absolute atomic E-state index is 12.1. The van der Waals surface area contributed by atoms with Crippen molar-refractivity contribution in [1.29, 1.82) is 0 Å². The standard InChI is InChI=1S/C13H17N3O2S/c1-8-6-10(4-5-12(8)18-3)11(17)7-19-13-14-9(2)15-16-13/h4-6,9,15H,7H2,1-3H3,(H,14,16). The van der Waals surface area contributed by atoms with Crippen LogP contribution in [0.5, 0.6) is 5.75 Å². The monoisotopic (exact) mass is 279 g/mol. The largest absolute Gasteiger partial charge is 0.496 e. The van der Waals surface area contributed by atoms with E-state index in [9.17, 15) is 4.79 Å². The Morgan fingerprint density at radius 1 is 1.53 bits per heavy atom. The number of amidine groups is 1. The molecule has 1 atom stereocenters. The van der Waals surface area contributed by atoms with Gasteiger partial charge in [-0.2, -0.15) is 5.10 Å². The summed E-state index contributed by atoms with van der Waals surface area (Å²) in [6.07, 6.45) is 0.126. The van der Waals surface area contributed by atoms with Gasteiger partial charge in [0.1, 0.15) is 11.9 Å². The van der Waals surface area contributed by atoms with Crippen LogP contribution < -0.4 is 15.5 Å². The molecule has 1 aromatic carbocycles. The van der Waals surface area contributed by atoms with E-state index >= 15 is 0 Å². The van der Waals surface area contributed by atoms with Gasteiger partial charge in [0, 0.05) is 5.56 Å². The number of nitrogens with zero attached hydrogens (tertiary/aromatic N) is 1. The number of carbonyl (C=O) groups is 1. The molecule has 1 aromatic rings. The summed E-state index contributed by atoms with van der Waals surface area (Å²) < 4.78 is 5.18. The normalized spacial score (nSPS) is 17.4. The number of rotatable bonds is 4. The van der Waals surface area contributed by atoms with Crippen LogP contribution in [0.1, 0.15) is 22.8 Å². The molecule has 19 heavy (non-hydrogen) atoms. The van der Waals surface area contributed by atoms with Crippen LogP contribution >= 0.6 is 11.8 Å². The molecule has 0 amide bonds. The van der Waals surface area contributed by atoms with E-state index in [-0.39, 0.29) is 11.9 Å². The third kappa shape index (κ3) is 3.41. The first-order valence-electron chi connectivity index (χ1n) is 6.00. The van der Waals surface area contributed by atoms with Gasteiger partial charge in [0.2, 0.25) is 0 Å². The van der Waals surface area contributed by atoms with Crippen molar-refractivity contribution in [2.24, 2.45) is 5.10 Å². The minimum Gasteiger partial charge on any atom is -0.496 e. The predicted octanol–water partition coefficient (Wildman–Crippen LogP) is 1.73. The van der Waals surface area contributed by atoms with Crippen LogP contribution in [0.3, 0.4) is 0 Å². The Morgan fingerprint density at radius 3 is 2.89 bits per heavy atom. The van der Waals surface area contributed by atoms with Gasteiger partial charge in [-0.15, -0.1) is 0 Å². The lowest BCUT2D eigenvalue weighted by Gasteiger charge is -2.07. The van der Waals surface area contributed by atoms with Crippen LogP contribution in [0, 0.1) is 6.92 Å². The highest BCUT2D eigenvalue weighted by Crippen LogP contribution is 2.19. The molecular formula is C13H17N3O2S. The molecule has 6 heteroatoms. The van der Waals surface area contributed by atoms with Crippen LogP contribution in [0.25, 0.3) is 0 Å². The van der Waals surface area contributed by atoms with Gasteiger partial charge in [-0.25, -0.2) is 0 Å². The molecule has 1 unspecified atom stereocenters. The van der Waals surface area contributed by atoms with Crippen molar-refractivity contribution in [2.75, 3.05) is 12.9 Å². The Hall–Kier alpha value is -1.69. The molecule has 0 aliphatic carbocycles. The van der Waals surface area contributed by atoms with Crippen molar-refractivity contribution in [2.45, 2.75) is 20.0 Å². The lowest BCUT2D eigenvalue weighted by molar-refractivity contribution is 0.102. The van der Waals surface area contributed by atoms with Gasteiger partial charge in [-0.1, -0.05) is 11.8 Å². The molecule has 0 bridgehead atoms. The first-order valence-corrected chi connectivity index (χ1v) is 6.99. The topological polar surface area (TPSA) is 62.7 Å². The second kappa shape index (κ2) is 5.97. The van der Waals surface area contributed by atoms with Crippen molar-refractivity contribution in [3.63, 3.8) is 0 Å². The zero-order chi connectivity index (χ0) is 13.8. The van der Waals surface area contributed by atoms with Gasteiger partial charge in [0.15, 0.2) is 11.0 Å². The number of Topliss-reactive ketones (excluding diaryl/α,β-unsaturated/α-hetero) is 1. The summed E-state index contributed by atoms with van der Waals surface area (Å²) in [6, 6.07) is 5.47. The second-order valence-electron chi connectivity index (χ2n) is 4.31. The molecule has 1 aliphatic rings. The van der Waals surface area contributed by atoms with Gasteiger partial charge in [0.05, 0.1) is 12.9 Å². The summed E-state index contributed by atoms with van der Waals surface area (Å²) in [5.74, 6) is 1.25. The highest BCUT2D eigenvalue weighted by Gasteiger charge is 2.15. The van der Waals surface area contributed by atoms with Gasteiger partial charge in [-0.05, 0) is 37.6 Å². The van der Waals surface area contributed by atoms with Crippen LogP contribution in [0.2, 0.25) is 0 Å². The number of benzene rings is 1. The highest BCUT2D eigenvalue weighted by atomic mass is 32.2. The maximum atomic E-state index is 12.1. The van der Waals surface area contributed by atoms with E-state index in [4.69, 9.17) is 4.74 Å². The number of nitrogens with one attached hydrogen (secondary N) is 2. The van der Waals surface area contributed by atoms with E-state index in [1.165, 1.54) is 11.8 Å². The Kier molecular flexibility index (Phi) is 4.31. The molecule has 0 spiro atoms. The van der Waals surface area contributed by atoms with Crippen molar-refractivity contribution in [3.8, 4) is 5.75 Å². The average Bonchev–Trinajstić information content (AvgIpc) is 2.81. The van der Waals surface area contributed by atoms with E-state index < -0.39 is 0 Å². The molecule has 0 saturated carbocycles. The number of thioether (sulfide) groups is 1. The maximum Gasteiger partial charge on any atom is 0.182 e. The van der Waals surface area contributed by atoms with Crippen molar-refractivity contribution < 1.29 is 9.53 Å². The molecule has 0 aromatic heterocycles. The molecule has 2 N–H and O–H groups in total. The zero-order valence-corrected chi connectivity index (χ0v) is 12.0. The van der Waals surface area contributed by atoms with Crippen molar-refractivity contribution in [1.82, 2.24) is 10.7 Å². The fourth-order valence-electron chi connectivity index (χ4n) is 1.75. The number of carbonyl (C=O) groups excluding carboxylic acids is 1. The highest BCUT2D eigenvalue weighted by molar-refractivity contribution is 8.14. The molecule has 0 radical (unpaired) electrons. The minimum absolute atomic E-state index is 0.0832. The first kappa shape index (κ1) is 13.7. The summed E-state index contributed by atoms with van der Waals surface area (Å²) in [5, 5.41) is 7.95. The summed E-state index contributed by atoms with van der Waals surface area (Å²) in [6.45, 7) is 3.89. The van der Waals surface area contributed by atoms with Crippen LogP contribution in [0.15, 0.2) is 23.3 Å². The Balaban J connectivity index is 1.95. The Labute approximate surface area is 116 Å². The summed E-state index contributed by atoms with van der Waals surface area (Å²) >= 11 is 1.40. The van der Waals surface area contributed by atoms with E-state index in [1.54, 1.807) is 13.2 Å². The van der Waals surface area contributed by atoms with Crippen molar-refractivity contribution >= 4 is 22.7 Å². The van der Waals surface area contributed by atoms with E-state index in [1.807, 2.05) is 26.0 Å². The van der Waals surface area contributed by atoms with Gasteiger partial charge in [0.25, 0.3) is 0 Å². The fourth-order valence-corrected chi connectivity index (χ4v) is 2.56. The lowest BCUT2D eigenvalue weighted by atomic mass is 10.1. The van der Waals surface area contributed by atoms with Crippen LogP contribution in [-0.4, -0.2) is 30.0 Å². The van der Waals surface area contributed by atoms with E-state index in [0.29, 0.717) is 11.3 Å². The number of hydrogen-bond donors (Lipinski definition) is 2. The van der Waals surface area contributed by atoms with Crippen LogP contribution in [0.4, 0.5) is 0 Å². The number of ether oxygens (including phenoxy) is 1. The lowest BCUT2D eigenvalue weighted by Crippen LogP contribution is -2.30. The molecule has 102 valence electrons. The predicted molar refractivity (Wildman–Crippen MR) is 77.7 cm³/mol. The summed E-state index contributed by atoms with van der Waals surface area (Å²) in [4.78, 5) is 12.1. The number of hydrazone groups is 1. The molecule has 0 fully saturated rings. The molecular weight excluding hydrogens is 262 g/mol. The van der Waals surface area contributed by atoms with Gasteiger partial charge < -0.3 is 10.1 Å². The SMILES string of the molecule is COc1ccc(C(=O)CSC2=NNC(C)N2)cc1C. The molecule has 1 heterocycles. The summed E-state index contributed by atoms with van der Waals surface area (Å²) in [5.41, 5.74) is 4.55. The second-order valence-corrected chi connectivity index (χ2v) is 5.27. The molecule has 0 saturated heterocycles. The average molecular weight is 279 g/mol. The van der Waals surface area contributed by atoms with Gasteiger partial charge >= 0.3 is 0 Å². The Morgan fingerprint density at radius 2 is 2.32 bits per heavy atom. The number of hydrogen-bond acceptors (Lipinski definition) is 6. The number of aryl methyl sites for hydroxylation is 1.